The molecule has 2 N–H and O–H groups in total. The molecular weight excluding hydrogens is 152 g/mol. The zero-order chi connectivity index (χ0) is 9.40. The first kappa shape index (κ1) is 11.9. The average Bonchev–Trinajstić information content (AvgIpc) is 2.02. The van der Waals surface area contributed by atoms with Crippen molar-refractivity contribution in [1.29, 1.82) is 0 Å². The van der Waals surface area contributed by atoms with Crippen LogP contribution in [0.2, 0.25) is 0 Å². The number of aliphatic hydroxyl groups is 1. The van der Waals surface area contributed by atoms with E-state index < -0.39 is 0 Å². The van der Waals surface area contributed by atoms with Gasteiger partial charge in [0.15, 0.2) is 0 Å². The Bertz CT molecular complexity index is 96.5. The molecule has 3 nitrogen and oxygen atoms in total. The summed E-state index contributed by atoms with van der Waals surface area (Å²) in [5, 5.41) is 11.9. The highest BCUT2D eigenvalue weighted by atomic mass is 16.3. The van der Waals surface area contributed by atoms with Crippen LogP contribution < -0.4 is 5.32 Å². The van der Waals surface area contributed by atoms with Crippen LogP contribution >= 0.6 is 0 Å². The summed E-state index contributed by atoms with van der Waals surface area (Å²) < 4.78 is 0. The molecule has 1 unspecified atom stereocenters. The number of aliphatic hydroxyl groups excluding tert-OH is 1. The maximum absolute atomic E-state index is 8.73. The highest BCUT2D eigenvalue weighted by molar-refractivity contribution is 4.64. The van der Waals surface area contributed by atoms with E-state index in [1.165, 1.54) is 6.42 Å². The van der Waals surface area contributed by atoms with Crippen molar-refractivity contribution in [2.24, 2.45) is 0 Å². The van der Waals surface area contributed by atoms with Gasteiger partial charge in [-0.1, -0.05) is 0 Å². The van der Waals surface area contributed by atoms with Crippen LogP contribution in [-0.2, 0) is 0 Å². The van der Waals surface area contributed by atoms with Gasteiger partial charge in [-0.2, -0.15) is 0 Å². The second-order valence-corrected chi connectivity index (χ2v) is 3.44. The summed E-state index contributed by atoms with van der Waals surface area (Å²) in [6.45, 7) is 1.41. The van der Waals surface area contributed by atoms with Crippen molar-refractivity contribution in [3.63, 3.8) is 0 Å². The Labute approximate surface area is 75.8 Å². The van der Waals surface area contributed by atoms with E-state index in [1.54, 1.807) is 0 Å². The minimum atomic E-state index is 0.285. The molecule has 0 saturated heterocycles. The Hall–Kier alpha value is -0.120. The van der Waals surface area contributed by atoms with Crippen LogP contribution in [0.25, 0.3) is 0 Å². The smallest absolute Gasteiger partial charge is 0.0445 e. The molecule has 1 atom stereocenters. The summed E-state index contributed by atoms with van der Waals surface area (Å²) in [6, 6.07) is 0.481. The minimum absolute atomic E-state index is 0.285. The molecule has 0 heterocycles. The summed E-state index contributed by atoms with van der Waals surface area (Å²) in [6.07, 6.45) is 3.21. The third-order valence-electron chi connectivity index (χ3n) is 2.04. The van der Waals surface area contributed by atoms with Crippen LogP contribution in [0.4, 0.5) is 0 Å². The van der Waals surface area contributed by atoms with Gasteiger partial charge in [0.1, 0.15) is 0 Å². The van der Waals surface area contributed by atoms with E-state index in [2.05, 4.69) is 24.3 Å². The Kier molecular flexibility index (Phi) is 7.45. The van der Waals surface area contributed by atoms with Gasteiger partial charge >= 0.3 is 0 Å². The molecule has 0 aliphatic heterocycles. The van der Waals surface area contributed by atoms with E-state index in [-0.39, 0.29) is 6.61 Å². The lowest BCUT2D eigenvalue weighted by atomic mass is 10.1. The molecule has 0 spiro atoms. The summed E-state index contributed by atoms with van der Waals surface area (Å²) in [4.78, 5) is 2.19. The summed E-state index contributed by atoms with van der Waals surface area (Å²) in [7, 11) is 6.12. The predicted octanol–water partition coefficient (Wildman–Crippen LogP) is 0.299. The number of hydrogen-bond donors (Lipinski definition) is 2. The van der Waals surface area contributed by atoms with E-state index in [4.69, 9.17) is 5.11 Å². The molecule has 74 valence electrons. The number of hydrogen-bond acceptors (Lipinski definition) is 3. The first-order valence-corrected chi connectivity index (χ1v) is 4.63. The third kappa shape index (κ3) is 6.58. The minimum Gasteiger partial charge on any atom is -0.396 e. The maximum atomic E-state index is 8.73. The molecule has 0 aliphatic rings. The van der Waals surface area contributed by atoms with Gasteiger partial charge in [0.05, 0.1) is 0 Å². The molecule has 3 heteroatoms. The van der Waals surface area contributed by atoms with Crippen LogP contribution in [0.3, 0.4) is 0 Å². The molecule has 0 amide bonds. The Morgan fingerprint density at radius 2 is 2.00 bits per heavy atom. The Balaban J connectivity index is 3.31. The molecule has 0 fully saturated rings. The van der Waals surface area contributed by atoms with Crippen molar-refractivity contribution in [3.8, 4) is 0 Å². The van der Waals surface area contributed by atoms with Gasteiger partial charge < -0.3 is 15.3 Å². The van der Waals surface area contributed by atoms with Gasteiger partial charge in [0, 0.05) is 12.6 Å². The van der Waals surface area contributed by atoms with Crippen LogP contribution in [-0.4, -0.2) is 50.3 Å². The van der Waals surface area contributed by atoms with Crippen molar-refractivity contribution in [3.05, 3.63) is 0 Å². The van der Waals surface area contributed by atoms with Crippen molar-refractivity contribution < 1.29 is 5.11 Å². The summed E-state index contributed by atoms with van der Waals surface area (Å²) in [5.41, 5.74) is 0. The van der Waals surface area contributed by atoms with Crippen molar-refractivity contribution in [2.45, 2.75) is 25.3 Å². The molecule has 0 aliphatic carbocycles. The highest BCUT2D eigenvalue weighted by Crippen LogP contribution is 2.01. The summed E-state index contributed by atoms with van der Waals surface area (Å²) in [5.74, 6) is 0. The van der Waals surface area contributed by atoms with E-state index in [9.17, 15) is 0 Å². The van der Waals surface area contributed by atoms with Crippen LogP contribution in [0.1, 0.15) is 19.3 Å². The first-order valence-electron chi connectivity index (χ1n) is 4.63. The van der Waals surface area contributed by atoms with Crippen molar-refractivity contribution in [2.75, 3.05) is 34.3 Å². The largest absolute Gasteiger partial charge is 0.396 e. The number of nitrogens with one attached hydrogen (secondary N) is 1. The molecular formula is C9H22N2O. The van der Waals surface area contributed by atoms with Crippen LogP contribution in [0.5, 0.6) is 0 Å². The Morgan fingerprint density at radius 1 is 1.33 bits per heavy atom. The fourth-order valence-corrected chi connectivity index (χ4v) is 1.24. The van der Waals surface area contributed by atoms with E-state index in [1.807, 2.05) is 7.05 Å². The molecule has 0 aromatic rings. The quantitative estimate of drug-likeness (QED) is 0.582. The SMILES string of the molecule is CNC(CCO)CCCN(C)C. The third-order valence-corrected chi connectivity index (χ3v) is 2.04. The maximum Gasteiger partial charge on any atom is 0.0445 e. The second kappa shape index (κ2) is 7.53. The lowest BCUT2D eigenvalue weighted by molar-refractivity contribution is 0.260. The van der Waals surface area contributed by atoms with Gasteiger partial charge in [-0.3, -0.25) is 0 Å². The molecule has 0 saturated carbocycles. The fraction of sp³-hybridized carbons (Fsp3) is 1.00. The summed E-state index contributed by atoms with van der Waals surface area (Å²) >= 11 is 0. The molecule has 0 rings (SSSR count). The second-order valence-electron chi connectivity index (χ2n) is 3.44. The molecule has 0 bridgehead atoms. The van der Waals surface area contributed by atoms with Crippen LogP contribution in [0.15, 0.2) is 0 Å². The molecule has 0 aromatic carbocycles. The van der Waals surface area contributed by atoms with Gasteiger partial charge in [0.2, 0.25) is 0 Å². The van der Waals surface area contributed by atoms with E-state index >= 15 is 0 Å². The average molecular weight is 174 g/mol. The monoisotopic (exact) mass is 174 g/mol. The normalized spacial score (nSPS) is 13.8. The van der Waals surface area contributed by atoms with Gasteiger partial charge in [-0.15, -0.1) is 0 Å². The predicted molar refractivity (Wildman–Crippen MR) is 52.3 cm³/mol. The zero-order valence-electron chi connectivity index (χ0n) is 8.51. The molecule has 0 radical (unpaired) electrons. The lowest BCUT2D eigenvalue weighted by Crippen LogP contribution is -2.27. The van der Waals surface area contributed by atoms with Gasteiger partial charge in [-0.25, -0.2) is 0 Å². The first-order chi connectivity index (χ1) is 5.70. The highest BCUT2D eigenvalue weighted by Gasteiger charge is 2.04. The van der Waals surface area contributed by atoms with Crippen molar-refractivity contribution in [1.82, 2.24) is 10.2 Å². The zero-order valence-corrected chi connectivity index (χ0v) is 8.51. The van der Waals surface area contributed by atoms with Crippen molar-refractivity contribution >= 4 is 0 Å². The lowest BCUT2D eigenvalue weighted by Gasteiger charge is -2.16. The van der Waals surface area contributed by atoms with Gasteiger partial charge in [0.25, 0.3) is 0 Å². The fourth-order valence-electron chi connectivity index (χ4n) is 1.24. The molecule has 0 aromatic heterocycles. The standard InChI is InChI=1S/C9H22N2O/c1-10-9(6-8-12)5-4-7-11(2)3/h9-10,12H,4-8H2,1-3H3. The van der Waals surface area contributed by atoms with Gasteiger partial charge in [-0.05, 0) is 47.0 Å². The van der Waals surface area contributed by atoms with Crippen LogP contribution in [0, 0.1) is 0 Å². The number of nitrogens with zero attached hydrogens (tertiary/aromatic N) is 1. The molecule has 12 heavy (non-hydrogen) atoms. The van der Waals surface area contributed by atoms with E-state index in [0.717, 1.165) is 19.4 Å². The number of rotatable bonds is 7. The topological polar surface area (TPSA) is 35.5 Å². The Morgan fingerprint density at radius 3 is 2.42 bits per heavy atom. The van der Waals surface area contributed by atoms with E-state index in [0.29, 0.717) is 6.04 Å².